The summed E-state index contributed by atoms with van der Waals surface area (Å²) in [4.78, 5) is 37.9. The molecule has 114 valence electrons. The molecule has 6 heteroatoms. The van der Waals surface area contributed by atoms with Gasteiger partial charge in [-0.3, -0.25) is 14.4 Å². The van der Waals surface area contributed by atoms with Crippen molar-refractivity contribution in [3.8, 4) is 0 Å². The van der Waals surface area contributed by atoms with Crippen LogP contribution in [0.2, 0.25) is 0 Å². The molecule has 0 radical (unpaired) electrons. The van der Waals surface area contributed by atoms with Gasteiger partial charge in [0.2, 0.25) is 11.8 Å². The second-order valence-corrected chi connectivity index (χ2v) is 6.08. The van der Waals surface area contributed by atoms with Gasteiger partial charge in [0.15, 0.2) is 0 Å². The van der Waals surface area contributed by atoms with Crippen LogP contribution in [0.5, 0.6) is 0 Å². The third-order valence-electron chi connectivity index (χ3n) is 5.03. The van der Waals surface area contributed by atoms with E-state index in [-0.39, 0.29) is 23.7 Å². The minimum absolute atomic E-state index is 0.00564. The lowest BCUT2D eigenvalue weighted by atomic mass is 9.81. The summed E-state index contributed by atoms with van der Waals surface area (Å²) in [5.74, 6) is -2.40. The van der Waals surface area contributed by atoms with Gasteiger partial charge in [0, 0.05) is 13.1 Å². The van der Waals surface area contributed by atoms with Gasteiger partial charge in [0.25, 0.3) is 0 Å². The predicted octanol–water partition coefficient (Wildman–Crippen LogP) is 0.246. The number of piperazine rings is 1. The van der Waals surface area contributed by atoms with Crippen LogP contribution in [-0.2, 0) is 14.4 Å². The maximum Gasteiger partial charge on any atom is 0.307 e. The second kappa shape index (κ2) is 5.16. The van der Waals surface area contributed by atoms with Crippen LogP contribution in [0.3, 0.4) is 0 Å². The molecule has 3 rings (SSSR count). The number of nitrogens with zero attached hydrogens (tertiary/aromatic N) is 1. The van der Waals surface area contributed by atoms with Gasteiger partial charge in [-0.25, -0.2) is 0 Å². The van der Waals surface area contributed by atoms with Crippen molar-refractivity contribution in [3.63, 3.8) is 0 Å². The number of rotatable bonds is 3. The molecule has 6 nitrogen and oxygen atoms in total. The molecular weight excluding hydrogens is 272 g/mol. The highest BCUT2D eigenvalue weighted by Crippen LogP contribution is 2.49. The van der Waals surface area contributed by atoms with Gasteiger partial charge in [-0.05, 0) is 24.7 Å². The molecule has 0 aromatic rings. The highest BCUT2D eigenvalue weighted by molar-refractivity contribution is 5.92. The number of fused-ring (bicyclic) bond motifs is 2. The lowest BCUT2D eigenvalue weighted by molar-refractivity contribution is -0.154. The van der Waals surface area contributed by atoms with E-state index < -0.39 is 23.8 Å². The molecule has 1 saturated heterocycles. The van der Waals surface area contributed by atoms with Crippen LogP contribution in [0.1, 0.15) is 19.8 Å². The average molecular weight is 292 g/mol. The standard InChI is InChI=1S/C15H20N2O4/c1-2-10-13(18)16-5-6-17(10)14(19)11-8-3-4-9(7-8)12(11)15(20)21/h3-4,8-12H,2,5-7H2,1H3,(H,16,18)(H,20,21)/t8?,9?,10?,11-,12+/m0/s1. The molecule has 21 heavy (non-hydrogen) atoms. The molecule has 3 unspecified atom stereocenters. The van der Waals surface area contributed by atoms with E-state index in [4.69, 9.17) is 0 Å². The number of hydrogen-bond donors (Lipinski definition) is 2. The summed E-state index contributed by atoms with van der Waals surface area (Å²) in [5, 5.41) is 12.2. The maximum absolute atomic E-state index is 12.9. The lowest BCUT2D eigenvalue weighted by Crippen LogP contribution is -2.59. The number of nitrogens with one attached hydrogen (secondary N) is 1. The van der Waals surface area contributed by atoms with Crippen molar-refractivity contribution in [3.05, 3.63) is 12.2 Å². The molecule has 0 aromatic carbocycles. The van der Waals surface area contributed by atoms with Crippen molar-refractivity contribution in [2.45, 2.75) is 25.8 Å². The Balaban J connectivity index is 1.85. The zero-order valence-electron chi connectivity index (χ0n) is 12.0. The number of hydrogen-bond acceptors (Lipinski definition) is 3. The van der Waals surface area contributed by atoms with Crippen LogP contribution in [0.25, 0.3) is 0 Å². The summed E-state index contributed by atoms with van der Waals surface area (Å²) in [7, 11) is 0. The Labute approximate surface area is 123 Å². The van der Waals surface area contributed by atoms with Crippen LogP contribution in [0.15, 0.2) is 12.2 Å². The first-order valence-corrected chi connectivity index (χ1v) is 7.54. The topological polar surface area (TPSA) is 86.7 Å². The van der Waals surface area contributed by atoms with Crippen LogP contribution in [0.4, 0.5) is 0 Å². The molecule has 2 aliphatic carbocycles. The van der Waals surface area contributed by atoms with E-state index in [0.717, 1.165) is 6.42 Å². The minimum Gasteiger partial charge on any atom is -0.481 e. The molecule has 2 amide bonds. The summed E-state index contributed by atoms with van der Waals surface area (Å²) in [6, 6.07) is -0.469. The fourth-order valence-corrected chi connectivity index (χ4v) is 4.07. The van der Waals surface area contributed by atoms with Crippen LogP contribution in [0, 0.1) is 23.7 Å². The normalized spacial score (nSPS) is 37.7. The van der Waals surface area contributed by atoms with Gasteiger partial charge >= 0.3 is 5.97 Å². The smallest absolute Gasteiger partial charge is 0.307 e. The Kier molecular flexibility index (Phi) is 3.47. The highest BCUT2D eigenvalue weighted by Gasteiger charge is 2.53. The Bertz CT molecular complexity index is 516. The van der Waals surface area contributed by atoms with E-state index in [1.165, 1.54) is 0 Å². The van der Waals surface area contributed by atoms with Crippen LogP contribution in [-0.4, -0.2) is 46.9 Å². The van der Waals surface area contributed by atoms with Gasteiger partial charge in [-0.15, -0.1) is 0 Å². The monoisotopic (exact) mass is 292 g/mol. The fourth-order valence-electron chi connectivity index (χ4n) is 4.07. The minimum atomic E-state index is -0.903. The largest absolute Gasteiger partial charge is 0.481 e. The van der Waals surface area contributed by atoms with E-state index in [0.29, 0.717) is 19.5 Å². The lowest BCUT2D eigenvalue weighted by Gasteiger charge is -2.38. The summed E-state index contributed by atoms with van der Waals surface area (Å²) in [6.07, 6.45) is 5.18. The molecule has 2 bridgehead atoms. The number of aliphatic carboxylic acids is 1. The number of carboxylic acids is 1. The zero-order valence-corrected chi connectivity index (χ0v) is 12.0. The van der Waals surface area contributed by atoms with Crippen LogP contribution < -0.4 is 5.32 Å². The van der Waals surface area contributed by atoms with Crippen molar-refractivity contribution in [2.24, 2.45) is 23.7 Å². The fraction of sp³-hybridized carbons (Fsp3) is 0.667. The molecule has 2 N–H and O–H groups in total. The number of allylic oxidation sites excluding steroid dienone is 2. The van der Waals surface area contributed by atoms with Crippen molar-refractivity contribution in [1.82, 2.24) is 10.2 Å². The molecule has 0 aromatic heterocycles. The average Bonchev–Trinajstić information content (AvgIpc) is 3.06. The number of amides is 2. The maximum atomic E-state index is 12.9. The Morgan fingerprint density at radius 1 is 1.33 bits per heavy atom. The Morgan fingerprint density at radius 2 is 2.00 bits per heavy atom. The molecule has 1 aliphatic heterocycles. The van der Waals surface area contributed by atoms with Crippen molar-refractivity contribution >= 4 is 17.8 Å². The highest BCUT2D eigenvalue weighted by atomic mass is 16.4. The molecule has 2 fully saturated rings. The Morgan fingerprint density at radius 3 is 2.62 bits per heavy atom. The van der Waals surface area contributed by atoms with Crippen molar-refractivity contribution in [2.75, 3.05) is 13.1 Å². The third-order valence-corrected chi connectivity index (χ3v) is 5.03. The molecule has 0 spiro atoms. The summed E-state index contributed by atoms with van der Waals surface area (Å²) in [5.41, 5.74) is 0. The van der Waals surface area contributed by atoms with Gasteiger partial charge < -0.3 is 15.3 Å². The molecular formula is C15H20N2O4. The predicted molar refractivity (Wildman–Crippen MR) is 74.2 cm³/mol. The van der Waals surface area contributed by atoms with E-state index in [9.17, 15) is 19.5 Å². The van der Waals surface area contributed by atoms with E-state index >= 15 is 0 Å². The Hall–Kier alpha value is -1.85. The molecule has 1 heterocycles. The van der Waals surface area contributed by atoms with E-state index in [1.807, 2.05) is 19.1 Å². The number of carbonyl (C=O) groups is 3. The van der Waals surface area contributed by atoms with Gasteiger partial charge in [0.05, 0.1) is 11.8 Å². The first kappa shape index (κ1) is 14.1. The summed E-state index contributed by atoms with van der Waals surface area (Å²) < 4.78 is 0. The van der Waals surface area contributed by atoms with Gasteiger partial charge in [0.1, 0.15) is 6.04 Å². The third kappa shape index (κ3) is 2.13. The van der Waals surface area contributed by atoms with Gasteiger partial charge in [-0.1, -0.05) is 19.1 Å². The molecule has 1 saturated carbocycles. The molecule has 5 atom stereocenters. The van der Waals surface area contributed by atoms with E-state index in [2.05, 4.69) is 5.32 Å². The van der Waals surface area contributed by atoms with E-state index in [1.54, 1.807) is 4.90 Å². The van der Waals surface area contributed by atoms with Gasteiger partial charge in [-0.2, -0.15) is 0 Å². The number of carboxylic acid groups (broad SMARTS) is 1. The van der Waals surface area contributed by atoms with Crippen molar-refractivity contribution < 1.29 is 19.5 Å². The summed E-state index contributed by atoms with van der Waals surface area (Å²) in [6.45, 7) is 2.77. The van der Waals surface area contributed by atoms with Crippen molar-refractivity contribution in [1.29, 1.82) is 0 Å². The summed E-state index contributed by atoms with van der Waals surface area (Å²) >= 11 is 0. The first-order chi connectivity index (χ1) is 10.0. The second-order valence-electron chi connectivity index (χ2n) is 6.08. The quantitative estimate of drug-likeness (QED) is 0.730. The zero-order chi connectivity index (χ0) is 15.1. The first-order valence-electron chi connectivity index (χ1n) is 7.54. The SMILES string of the molecule is CCC1C(=O)NCCN1C(=O)[C@H]1C2C=CC(C2)[C@H]1C(=O)O. The van der Waals surface area contributed by atoms with Crippen LogP contribution >= 0.6 is 0 Å². The number of carbonyl (C=O) groups excluding carboxylic acids is 2. The molecule has 3 aliphatic rings.